The van der Waals surface area contributed by atoms with E-state index in [0.29, 0.717) is 37.3 Å². The van der Waals surface area contributed by atoms with E-state index in [2.05, 4.69) is 10.3 Å². The number of carbonyl (C=O) groups is 1. The van der Waals surface area contributed by atoms with Gasteiger partial charge in [-0.25, -0.2) is 18.2 Å². The minimum atomic E-state index is -0.780. The van der Waals surface area contributed by atoms with Crippen LogP contribution in [0.2, 0.25) is 0 Å². The molecule has 2 aromatic carbocycles. The Balaban J connectivity index is 1.54. The van der Waals surface area contributed by atoms with Crippen LogP contribution in [-0.4, -0.2) is 37.2 Å². The van der Waals surface area contributed by atoms with Crippen molar-refractivity contribution >= 4 is 17.3 Å². The van der Waals surface area contributed by atoms with E-state index in [1.807, 2.05) is 4.90 Å². The minimum Gasteiger partial charge on any atom is -0.487 e. The third-order valence-corrected chi connectivity index (χ3v) is 5.86. The fraction of sp³-hybridized carbons (Fsp3) is 0.269. The second-order valence-electron chi connectivity index (χ2n) is 8.30. The molecule has 0 aliphatic carbocycles. The van der Waals surface area contributed by atoms with Crippen molar-refractivity contribution in [2.45, 2.75) is 25.9 Å². The number of anilines is 2. The van der Waals surface area contributed by atoms with Crippen molar-refractivity contribution in [3.8, 4) is 17.7 Å². The molecule has 1 aliphatic heterocycles. The maximum Gasteiger partial charge on any atom is 0.261 e. The Morgan fingerprint density at radius 3 is 2.53 bits per heavy atom. The van der Waals surface area contributed by atoms with Gasteiger partial charge in [-0.3, -0.25) is 4.79 Å². The Labute approximate surface area is 206 Å². The zero-order valence-corrected chi connectivity index (χ0v) is 19.6. The van der Waals surface area contributed by atoms with Gasteiger partial charge in [0.1, 0.15) is 29.4 Å². The normalized spacial score (nSPS) is 13.7. The van der Waals surface area contributed by atoms with Crippen LogP contribution in [0.15, 0.2) is 42.5 Å². The molecule has 1 aliphatic rings. The number of piperidine rings is 1. The summed E-state index contributed by atoms with van der Waals surface area (Å²) in [4.78, 5) is 19.1. The van der Waals surface area contributed by atoms with Gasteiger partial charge in [0.15, 0.2) is 11.6 Å². The van der Waals surface area contributed by atoms with Crippen LogP contribution in [0.1, 0.15) is 34.5 Å². The number of carbonyl (C=O) groups excluding carboxylic acids is 1. The number of nitriles is 1. The molecule has 1 aromatic heterocycles. The number of aryl methyl sites for hydroxylation is 1. The van der Waals surface area contributed by atoms with Crippen molar-refractivity contribution in [1.29, 1.82) is 5.26 Å². The number of benzene rings is 2. The van der Waals surface area contributed by atoms with Gasteiger partial charge in [-0.2, -0.15) is 5.26 Å². The van der Waals surface area contributed by atoms with Gasteiger partial charge >= 0.3 is 0 Å². The molecule has 10 heteroatoms. The van der Waals surface area contributed by atoms with Crippen LogP contribution in [0.25, 0.3) is 0 Å². The molecule has 1 saturated heterocycles. The maximum atomic E-state index is 14.6. The predicted molar refractivity (Wildman–Crippen MR) is 127 cm³/mol. The summed E-state index contributed by atoms with van der Waals surface area (Å²) < 4.78 is 52.6. The van der Waals surface area contributed by atoms with E-state index in [0.717, 1.165) is 12.1 Å². The molecular weight excluding hydrogens is 473 g/mol. The summed E-state index contributed by atoms with van der Waals surface area (Å²) >= 11 is 0. The first-order valence-corrected chi connectivity index (χ1v) is 11.2. The summed E-state index contributed by atoms with van der Waals surface area (Å²) in [6, 6.07) is 10.6. The molecule has 1 amide bonds. The summed E-state index contributed by atoms with van der Waals surface area (Å²) in [6.45, 7) is 2.59. The van der Waals surface area contributed by atoms with E-state index in [4.69, 9.17) is 9.47 Å². The average Bonchev–Trinajstić information content (AvgIpc) is 2.86. The first kappa shape index (κ1) is 24.9. The van der Waals surface area contributed by atoms with Gasteiger partial charge < -0.3 is 19.7 Å². The fourth-order valence-corrected chi connectivity index (χ4v) is 4.03. The van der Waals surface area contributed by atoms with E-state index < -0.39 is 23.4 Å². The maximum absolute atomic E-state index is 14.6. The van der Waals surface area contributed by atoms with Gasteiger partial charge in [-0.15, -0.1) is 0 Å². The smallest absolute Gasteiger partial charge is 0.261 e. The molecule has 7 nitrogen and oxygen atoms in total. The molecule has 0 radical (unpaired) electrons. The zero-order chi connectivity index (χ0) is 25.8. The molecule has 0 atom stereocenters. The number of pyridine rings is 1. The van der Waals surface area contributed by atoms with Crippen LogP contribution in [-0.2, 0) is 0 Å². The van der Waals surface area contributed by atoms with Crippen molar-refractivity contribution in [2.75, 3.05) is 30.4 Å². The lowest BCUT2D eigenvalue weighted by Crippen LogP contribution is -2.39. The van der Waals surface area contributed by atoms with Crippen LogP contribution in [0.3, 0.4) is 0 Å². The lowest BCUT2D eigenvalue weighted by Gasteiger charge is -2.35. The van der Waals surface area contributed by atoms with Crippen molar-refractivity contribution < 1.29 is 27.4 Å². The summed E-state index contributed by atoms with van der Waals surface area (Å²) in [5.74, 6) is -2.60. The number of nitrogens with one attached hydrogen (secondary N) is 1. The highest BCUT2D eigenvalue weighted by Crippen LogP contribution is 2.33. The van der Waals surface area contributed by atoms with Crippen LogP contribution in [0, 0.1) is 35.7 Å². The molecule has 0 bridgehead atoms. The molecule has 1 N–H and O–H groups in total. The largest absolute Gasteiger partial charge is 0.487 e. The Hall–Kier alpha value is -4.26. The minimum absolute atomic E-state index is 0.0344. The van der Waals surface area contributed by atoms with Gasteiger partial charge in [0.25, 0.3) is 5.91 Å². The molecule has 2 heterocycles. The highest BCUT2D eigenvalue weighted by atomic mass is 19.1. The molecule has 4 rings (SSSR count). The third-order valence-electron chi connectivity index (χ3n) is 5.86. The molecule has 36 heavy (non-hydrogen) atoms. The van der Waals surface area contributed by atoms with Crippen LogP contribution >= 0.6 is 0 Å². The number of halogens is 3. The Kier molecular flexibility index (Phi) is 7.29. The molecule has 0 saturated carbocycles. The lowest BCUT2D eigenvalue weighted by atomic mass is 10.0. The summed E-state index contributed by atoms with van der Waals surface area (Å²) in [7, 11) is 1.40. The Bertz CT molecular complexity index is 1330. The summed E-state index contributed by atoms with van der Waals surface area (Å²) in [6.07, 6.45) is 0.619. The third kappa shape index (κ3) is 5.35. The van der Waals surface area contributed by atoms with Crippen molar-refractivity contribution in [2.24, 2.45) is 0 Å². The van der Waals surface area contributed by atoms with Gasteiger partial charge in [-0.05, 0) is 37.3 Å². The monoisotopic (exact) mass is 496 g/mol. The summed E-state index contributed by atoms with van der Waals surface area (Å²) in [5.41, 5.74) is 1.29. The van der Waals surface area contributed by atoms with Gasteiger partial charge in [0, 0.05) is 43.8 Å². The fourth-order valence-electron chi connectivity index (χ4n) is 4.03. The Morgan fingerprint density at radius 1 is 1.11 bits per heavy atom. The molecule has 186 valence electrons. The number of methoxy groups -OCH3 is 1. The van der Waals surface area contributed by atoms with Gasteiger partial charge in [-0.1, -0.05) is 0 Å². The molecule has 1 fully saturated rings. The van der Waals surface area contributed by atoms with Crippen LogP contribution < -0.4 is 19.7 Å². The number of amides is 1. The standard InChI is InChI=1S/C26H23F3N4O3/c1-15-3-5-19(26(31-15)35-2)25(34)32-22-11-16(14-30)20(28)13-23(22)33-9-7-18(8-10-33)36-24-6-4-17(27)12-21(24)29/h3-6,11-13,18H,7-10H2,1-2H3,(H,32,34). The van der Waals surface area contributed by atoms with Crippen molar-refractivity contribution in [3.05, 3.63) is 76.7 Å². The van der Waals surface area contributed by atoms with E-state index in [9.17, 15) is 23.2 Å². The van der Waals surface area contributed by atoms with E-state index in [-0.39, 0.29) is 34.5 Å². The highest BCUT2D eigenvalue weighted by Gasteiger charge is 2.26. The van der Waals surface area contributed by atoms with Crippen molar-refractivity contribution in [1.82, 2.24) is 4.98 Å². The summed E-state index contributed by atoms with van der Waals surface area (Å²) in [5, 5.41) is 12.1. The number of aromatic nitrogens is 1. The predicted octanol–water partition coefficient (Wildman–Crippen LogP) is 4.99. The lowest BCUT2D eigenvalue weighted by molar-refractivity contribution is 0.102. The second kappa shape index (κ2) is 10.6. The van der Waals surface area contributed by atoms with Gasteiger partial charge in [0.2, 0.25) is 5.88 Å². The second-order valence-corrected chi connectivity index (χ2v) is 8.30. The first-order chi connectivity index (χ1) is 17.3. The van der Waals surface area contributed by atoms with Crippen molar-refractivity contribution in [3.63, 3.8) is 0 Å². The molecular formula is C26H23F3N4O3. The zero-order valence-electron chi connectivity index (χ0n) is 19.6. The van der Waals surface area contributed by atoms with E-state index >= 15 is 0 Å². The number of rotatable bonds is 6. The molecule has 3 aromatic rings. The number of hydrogen-bond acceptors (Lipinski definition) is 6. The van der Waals surface area contributed by atoms with Crippen LogP contribution in [0.4, 0.5) is 24.5 Å². The SMILES string of the molecule is COc1nc(C)ccc1C(=O)Nc1cc(C#N)c(F)cc1N1CCC(Oc2ccc(F)cc2F)CC1. The molecule has 0 spiro atoms. The topological polar surface area (TPSA) is 87.5 Å². The van der Waals surface area contributed by atoms with E-state index in [1.165, 1.54) is 25.3 Å². The van der Waals surface area contributed by atoms with Gasteiger partial charge in [0.05, 0.1) is 24.0 Å². The first-order valence-electron chi connectivity index (χ1n) is 11.2. The van der Waals surface area contributed by atoms with Crippen LogP contribution in [0.5, 0.6) is 11.6 Å². The molecule has 0 unspecified atom stereocenters. The number of ether oxygens (including phenoxy) is 2. The number of nitrogens with zero attached hydrogens (tertiary/aromatic N) is 3. The average molecular weight is 496 g/mol. The number of hydrogen-bond donors (Lipinski definition) is 1. The highest BCUT2D eigenvalue weighted by molar-refractivity contribution is 6.07. The Morgan fingerprint density at radius 2 is 1.86 bits per heavy atom. The van der Waals surface area contributed by atoms with E-state index in [1.54, 1.807) is 25.1 Å². The quantitative estimate of drug-likeness (QED) is 0.518.